The van der Waals surface area contributed by atoms with Crippen molar-refractivity contribution in [1.29, 1.82) is 5.26 Å². The van der Waals surface area contributed by atoms with E-state index in [1.54, 1.807) is 0 Å². The fraction of sp³-hybridized carbons (Fsp3) is 0.333. The first-order chi connectivity index (χ1) is 9.22. The van der Waals surface area contributed by atoms with Crippen LogP contribution < -0.4 is 5.32 Å². The quantitative estimate of drug-likeness (QED) is 0.889. The lowest BCUT2D eigenvalue weighted by atomic mass is 10.1. The van der Waals surface area contributed by atoms with Crippen molar-refractivity contribution in [3.8, 4) is 6.07 Å². The molecular weight excluding hydrogens is 238 g/mol. The fourth-order valence-corrected chi connectivity index (χ4v) is 2.22. The van der Waals surface area contributed by atoms with Crippen LogP contribution in [0.25, 0.3) is 10.9 Å². The summed E-state index contributed by atoms with van der Waals surface area (Å²) in [5.74, 6) is -0.0539. The van der Waals surface area contributed by atoms with Crippen LogP contribution in [0.2, 0.25) is 0 Å². The molecule has 0 bridgehead atoms. The van der Waals surface area contributed by atoms with Gasteiger partial charge in [0.15, 0.2) is 0 Å². The summed E-state index contributed by atoms with van der Waals surface area (Å²) in [5.41, 5.74) is 2.44. The van der Waals surface area contributed by atoms with Gasteiger partial charge in [-0.3, -0.25) is 4.79 Å². The number of carbonyl (C=O) groups excluding carboxylic acids is 1. The summed E-state index contributed by atoms with van der Waals surface area (Å²) in [4.78, 5) is 11.4. The summed E-state index contributed by atoms with van der Waals surface area (Å²) in [6.07, 6.45) is 3.47. The first-order valence-corrected chi connectivity index (χ1v) is 6.39. The average Bonchev–Trinajstić information content (AvgIpc) is 2.74. The number of nitrogens with zero attached hydrogens (tertiary/aromatic N) is 2. The predicted octanol–water partition coefficient (Wildman–Crippen LogP) is 2.14. The van der Waals surface area contributed by atoms with Gasteiger partial charge in [-0.25, -0.2) is 0 Å². The molecule has 1 aromatic heterocycles. The molecule has 0 aliphatic carbocycles. The highest BCUT2D eigenvalue weighted by atomic mass is 16.1. The Balaban J connectivity index is 1.95. The third-order valence-electron chi connectivity index (χ3n) is 3.16. The van der Waals surface area contributed by atoms with E-state index in [9.17, 15) is 4.79 Å². The van der Waals surface area contributed by atoms with Gasteiger partial charge in [0, 0.05) is 43.5 Å². The molecule has 1 heterocycles. The molecular formula is C15H17N3O. The lowest BCUT2D eigenvalue weighted by Crippen LogP contribution is -2.25. The summed E-state index contributed by atoms with van der Waals surface area (Å²) in [5, 5.41) is 12.5. The van der Waals surface area contributed by atoms with E-state index in [1.165, 1.54) is 16.5 Å². The van der Waals surface area contributed by atoms with Crippen molar-refractivity contribution in [2.24, 2.45) is 7.05 Å². The van der Waals surface area contributed by atoms with Crippen molar-refractivity contribution >= 4 is 16.8 Å². The molecule has 0 fully saturated rings. The molecule has 2 rings (SSSR count). The maximum absolute atomic E-state index is 11.4. The second kappa shape index (κ2) is 6.05. The lowest BCUT2D eigenvalue weighted by molar-refractivity contribution is -0.120. The number of carbonyl (C=O) groups is 1. The van der Waals surface area contributed by atoms with Crippen molar-refractivity contribution in [1.82, 2.24) is 9.88 Å². The van der Waals surface area contributed by atoms with Crippen LogP contribution in [0.3, 0.4) is 0 Å². The third kappa shape index (κ3) is 3.14. The van der Waals surface area contributed by atoms with Crippen LogP contribution in [0.5, 0.6) is 0 Å². The number of hydrogen-bond donors (Lipinski definition) is 1. The van der Waals surface area contributed by atoms with E-state index >= 15 is 0 Å². The molecule has 0 radical (unpaired) electrons. The summed E-state index contributed by atoms with van der Waals surface area (Å²) in [6.45, 7) is 0.609. The van der Waals surface area contributed by atoms with Crippen molar-refractivity contribution in [3.05, 3.63) is 36.0 Å². The van der Waals surface area contributed by atoms with E-state index in [2.05, 4.69) is 28.2 Å². The standard InChI is InChI=1S/C15H17N3O/c1-18-11-12(13-5-2-3-6-14(13)18)8-10-17-15(19)7-4-9-16/h2-3,5-6,11H,4,7-8,10H2,1H3,(H,17,19). The van der Waals surface area contributed by atoms with E-state index < -0.39 is 0 Å². The van der Waals surface area contributed by atoms with Gasteiger partial charge in [-0.1, -0.05) is 18.2 Å². The molecule has 19 heavy (non-hydrogen) atoms. The summed E-state index contributed by atoms with van der Waals surface area (Å²) < 4.78 is 2.10. The molecule has 0 unspecified atom stereocenters. The molecule has 1 aromatic carbocycles. The van der Waals surface area contributed by atoms with Crippen LogP contribution in [0.4, 0.5) is 0 Å². The third-order valence-corrected chi connectivity index (χ3v) is 3.16. The number of amides is 1. The summed E-state index contributed by atoms with van der Waals surface area (Å²) in [6, 6.07) is 10.2. The molecule has 0 saturated carbocycles. The molecule has 2 aromatic rings. The zero-order valence-corrected chi connectivity index (χ0v) is 11.0. The van der Waals surface area contributed by atoms with Crippen molar-refractivity contribution in [2.45, 2.75) is 19.3 Å². The average molecular weight is 255 g/mol. The number of nitriles is 1. The monoisotopic (exact) mass is 255 g/mol. The molecule has 0 spiro atoms. The van der Waals surface area contributed by atoms with Crippen LogP contribution in [0.1, 0.15) is 18.4 Å². The van der Waals surface area contributed by atoms with Crippen molar-refractivity contribution in [3.63, 3.8) is 0 Å². The highest BCUT2D eigenvalue weighted by molar-refractivity contribution is 5.84. The Labute approximate surface area is 112 Å². The lowest BCUT2D eigenvalue weighted by Gasteiger charge is -2.03. The maximum Gasteiger partial charge on any atom is 0.221 e. The normalized spacial score (nSPS) is 10.3. The van der Waals surface area contributed by atoms with Crippen molar-refractivity contribution in [2.75, 3.05) is 6.54 Å². The van der Waals surface area contributed by atoms with E-state index in [-0.39, 0.29) is 18.7 Å². The Bertz CT molecular complexity index is 622. The molecule has 0 atom stereocenters. The number of hydrogen-bond acceptors (Lipinski definition) is 2. The second-order valence-electron chi connectivity index (χ2n) is 4.54. The minimum atomic E-state index is -0.0539. The van der Waals surface area contributed by atoms with E-state index in [0.717, 1.165) is 6.42 Å². The van der Waals surface area contributed by atoms with Gasteiger partial charge in [-0.2, -0.15) is 5.26 Å². The number of rotatable bonds is 5. The first-order valence-electron chi connectivity index (χ1n) is 6.39. The van der Waals surface area contributed by atoms with Crippen molar-refractivity contribution < 1.29 is 4.79 Å². The SMILES string of the molecule is Cn1cc(CCNC(=O)CCC#N)c2ccccc21. The van der Waals surface area contributed by atoms with Gasteiger partial charge >= 0.3 is 0 Å². The molecule has 4 nitrogen and oxygen atoms in total. The fourth-order valence-electron chi connectivity index (χ4n) is 2.22. The Morgan fingerprint density at radius 3 is 3.00 bits per heavy atom. The number of aryl methyl sites for hydroxylation is 1. The Morgan fingerprint density at radius 2 is 2.21 bits per heavy atom. The highest BCUT2D eigenvalue weighted by Crippen LogP contribution is 2.20. The number of fused-ring (bicyclic) bond motifs is 1. The minimum absolute atomic E-state index is 0.0539. The number of nitrogens with one attached hydrogen (secondary N) is 1. The Morgan fingerprint density at radius 1 is 1.42 bits per heavy atom. The molecule has 98 valence electrons. The Kier molecular flexibility index (Phi) is 4.19. The molecule has 1 N–H and O–H groups in total. The van der Waals surface area contributed by atoms with E-state index in [4.69, 9.17) is 5.26 Å². The second-order valence-corrected chi connectivity index (χ2v) is 4.54. The Hall–Kier alpha value is -2.28. The summed E-state index contributed by atoms with van der Waals surface area (Å²) >= 11 is 0. The van der Waals surface area contributed by atoms with Crippen LogP contribution in [0.15, 0.2) is 30.5 Å². The smallest absolute Gasteiger partial charge is 0.221 e. The number of aromatic nitrogens is 1. The van der Waals surface area contributed by atoms with Gasteiger partial charge in [-0.05, 0) is 18.1 Å². The van der Waals surface area contributed by atoms with E-state index in [1.807, 2.05) is 25.2 Å². The largest absolute Gasteiger partial charge is 0.356 e. The van der Waals surface area contributed by atoms with Gasteiger partial charge in [0.2, 0.25) is 5.91 Å². The first kappa shape index (κ1) is 13.2. The van der Waals surface area contributed by atoms with Crippen LogP contribution in [0, 0.1) is 11.3 Å². The molecule has 4 heteroatoms. The minimum Gasteiger partial charge on any atom is -0.356 e. The van der Waals surface area contributed by atoms with Crippen LogP contribution >= 0.6 is 0 Å². The van der Waals surface area contributed by atoms with Gasteiger partial charge in [0.05, 0.1) is 6.07 Å². The van der Waals surface area contributed by atoms with Gasteiger partial charge in [-0.15, -0.1) is 0 Å². The molecule has 0 aliphatic heterocycles. The number of para-hydroxylation sites is 1. The molecule has 0 saturated heterocycles. The summed E-state index contributed by atoms with van der Waals surface area (Å²) in [7, 11) is 2.03. The zero-order valence-electron chi connectivity index (χ0n) is 11.0. The maximum atomic E-state index is 11.4. The molecule has 1 amide bonds. The zero-order chi connectivity index (χ0) is 13.7. The highest BCUT2D eigenvalue weighted by Gasteiger charge is 2.06. The molecule has 0 aliphatic rings. The predicted molar refractivity (Wildman–Crippen MR) is 74.5 cm³/mol. The van der Waals surface area contributed by atoms with Gasteiger partial charge in [0.25, 0.3) is 0 Å². The van der Waals surface area contributed by atoms with Crippen LogP contribution in [-0.4, -0.2) is 17.0 Å². The van der Waals surface area contributed by atoms with Crippen LogP contribution in [-0.2, 0) is 18.3 Å². The number of benzene rings is 1. The topological polar surface area (TPSA) is 57.8 Å². The van der Waals surface area contributed by atoms with E-state index in [0.29, 0.717) is 6.54 Å². The van der Waals surface area contributed by atoms with Gasteiger partial charge < -0.3 is 9.88 Å². The van der Waals surface area contributed by atoms with Gasteiger partial charge in [0.1, 0.15) is 0 Å².